The van der Waals surface area contributed by atoms with Crippen LogP contribution in [-0.2, 0) is 12.8 Å². The van der Waals surface area contributed by atoms with Crippen molar-refractivity contribution in [3.8, 4) is 5.69 Å². The number of amides is 1. The van der Waals surface area contributed by atoms with Crippen molar-refractivity contribution in [3.63, 3.8) is 0 Å². The van der Waals surface area contributed by atoms with E-state index < -0.39 is 0 Å². The molecule has 1 amide bonds. The molecule has 1 aromatic heterocycles. The Morgan fingerprint density at radius 2 is 2.08 bits per heavy atom. The van der Waals surface area contributed by atoms with Gasteiger partial charge in [-0.3, -0.25) is 4.79 Å². The predicted molar refractivity (Wildman–Crippen MR) is 96.1 cm³/mol. The monoisotopic (exact) mass is 346 g/mol. The third-order valence-electron chi connectivity index (χ3n) is 4.99. The number of carbonyl (C=O) groups is 1. The van der Waals surface area contributed by atoms with Gasteiger partial charge in [-0.15, -0.1) is 12.4 Å². The van der Waals surface area contributed by atoms with Crippen LogP contribution in [-0.4, -0.2) is 39.7 Å². The summed E-state index contributed by atoms with van der Waals surface area (Å²) in [6.45, 7) is 3.47. The highest BCUT2D eigenvalue weighted by Crippen LogP contribution is 2.30. The molecule has 0 bridgehead atoms. The third kappa shape index (κ3) is 2.72. The highest BCUT2D eigenvalue weighted by molar-refractivity contribution is 5.94. The average Bonchev–Trinajstić information content (AvgIpc) is 3.23. The van der Waals surface area contributed by atoms with E-state index in [4.69, 9.17) is 10.8 Å². The quantitative estimate of drug-likeness (QED) is 0.907. The lowest BCUT2D eigenvalue weighted by Crippen LogP contribution is -2.32. The zero-order valence-electron chi connectivity index (χ0n) is 13.9. The molecule has 2 aromatic rings. The van der Waals surface area contributed by atoms with Gasteiger partial charge in [-0.25, -0.2) is 4.68 Å². The molecule has 0 unspecified atom stereocenters. The average molecular weight is 347 g/mol. The van der Waals surface area contributed by atoms with Crippen LogP contribution in [0, 0.1) is 6.92 Å². The minimum absolute atomic E-state index is 0. The van der Waals surface area contributed by atoms with E-state index in [1.807, 2.05) is 21.7 Å². The van der Waals surface area contributed by atoms with E-state index >= 15 is 0 Å². The standard InChI is InChI=1S/C18H22N4O.ClH/c1-12-5-2-3-7-15(12)22-16-8-4-6-14(16)17(20-22)18(23)21-10-9-13(19)11-21;/h2-3,5,7,13H,4,6,8-11,19H2,1H3;1H/t13-;/m1./s1. The smallest absolute Gasteiger partial charge is 0.274 e. The first-order valence-electron chi connectivity index (χ1n) is 8.37. The van der Waals surface area contributed by atoms with Crippen molar-refractivity contribution in [3.05, 3.63) is 46.8 Å². The van der Waals surface area contributed by atoms with Gasteiger partial charge >= 0.3 is 0 Å². The fourth-order valence-corrected chi connectivity index (χ4v) is 3.73. The maximum Gasteiger partial charge on any atom is 0.274 e. The van der Waals surface area contributed by atoms with Crippen LogP contribution >= 0.6 is 12.4 Å². The second-order valence-electron chi connectivity index (χ2n) is 6.63. The van der Waals surface area contributed by atoms with Crippen LogP contribution in [0.15, 0.2) is 24.3 Å². The summed E-state index contributed by atoms with van der Waals surface area (Å²) in [5, 5.41) is 4.72. The van der Waals surface area contributed by atoms with Gasteiger partial charge in [0.2, 0.25) is 0 Å². The Labute approximate surface area is 148 Å². The Morgan fingerprint density at radius 3 is 2.79 bits per heavy atom. The number of hydrogen-bond donors (Lipinski definition) is 1. The van der Waals surface area contributed by atoms with E-state index in [1.54, 1.807) is 0 Å². The van der Waals surface area contributed by atoms with Crippen molar-refractivity contribution in [2.24, 2.45) is 5.73 Å². The molecule has 1 atom stereocenters. The Hall–Kier alpha value is -1.85. The molecule has 6 heteroatoms. The van der Waals surface area contributed by atoms with Crippen molar-refractivity contribution < 1.29 is 4.79 Å². The first-order chi connectivity index (χ1) is 11.1. The first kappa shape index (κ1) is 17.0. The molecule has 2 aliphatic rings. The maximum absolute atomic E-state index is 12.9. The Kier molecular flexibility index (Phi) is 4.65. The number of aryl methyl sites for hydroxylation is 1. The van der Waals surface area contributed by atoms with Gasteiger partial charge in [0.25, 0.3) is 5.91 Å². The van der Waals surface area contributed by atoms with Crippen LogP contribution in [0.25, 0.3) is 5.69 Å². The number of halogens is 1. The van der Waals surface area contributed by atoms with Gasteiger partial charge in [-0.05, 0) is 44.2 Å². The van der Waals surface area contributed by atoms with Crippen molar-refractivity contribution in [2.45, 2.75) is 38.6 Å². The van der Waals surface area contributed by atoms with E-state index in [9.17, 15) is 4.79 Å². The molecule has 2 heterocycles. The SMILES string of the molecule is Cc1ccccc1-n1nc(C(=O)N2CC[C@@H](N)C2)c2c1CCC2.Cl. The second-order valence-corrected chi connectivity index (χ2v) is 6.63. The number of likely N-dealkylation sites (tertiary alicyclic amines) is 1. The van der Waals surface area contributed by atoms with Crippen LogP contribution in [0.3, 0.4) is 0 Å². The molecule has 0 radical (unpaired) electrons. The first-order valence-corrected chi connectivity index (χ1v) is 8.37. The molecule has 0 saturated carbocycles. The summed E-state index contributed by atoms with van der Waals surface area (Å²) in [4.78, 5) is 14.7. The summed E-state index contributed by atoms with van der Waals surface area (Å²) in [5.41, 5.74) is 11.2. The fourth-order valence-electron chi connectivity index (χ4n) is 3.73. The molecule has 1 fully saturated rings. The molecule has 1 aromatic carbocycles. The van der Waals surface area contributed by atoms with Gasteiger partial charge in [0.1, 0.15) is 0 Å². The van der Waals surface area contributed by atoms with Crippen LogP contribution in [0.5, 0.6) is 0 Å². The van der Waals surface area contributed by atoms with Crippen LogP contribution < -0.4 is 5.73 Å². The Morgan fingerprint density at radius 1 is 1.29 bits per heavy atom. The van der Waals surface area contributed by atoms with Crippen molar-refractivity contribution in [2.75, 3.05) is 13.1 Å². The molecule has 1 aliphatic carbocycles. The summed E-state index contributed by atoms with van der Waals surface area (Å²) in [5.74, 6) is 0.0448. The molecule has 24 heavy (non-hydrogen) atoms. The molecule has 0 spiro atoms. The van der Waals surface area contributed by atoms with E-state index in [2.05, 4.69) is 19.1 Å². The number of para-hydroxylation sites is 1. The molecule has 1 aliphatic heterocycles. The summed E-state index contributed by atoms with van der Waals surface area (Å²) < 4.78 is 1.99. The minimum atomic E-state index is 0. The molecule has 2 N–H and O–H groups in total. The van der Waals surface area contributed by atoms with Gasteiger partial charge in [0.15, 0.2) is 5.69 Å². The molecule has 1 saturated heterocycles. The van der Waals surface area contributed by atoms with Crippen molar-refractivity contribution in [1.29, 1.82) is 0 Å². The topological polar surface area (TPSA) is 64.2 Å². The molecular formula is C18H23ClN4O. The summed E-state index contributed by atoms with van der Waals surface area (Å²) in [7, 11) is 0. The van der Waals surface area contributed by atoms with Gasteiger partial charge in [0, 0.05) is 30.4 Å². The highest BCUT2D eigenvalue weighted by atomic mass is 35.5. The van der Waals surface area contributed by atoms with Gasteiger partial charge in [0.05, 0.1) is 5.69 Å². The summed E-state index contributed by atoms with van der Waals surface area (Å²) in [6.07, 6.45) is 3.91. The number of aromatic nitrogens is 2. The number of hydrogen-bond acceptors (Lipinski definition) is 3. The number of nitrogens with zero attached hydrogens (tertiary/aromatic N) is 3. The predicted octanol–water partition coefficient (Wildman–Crippen LogP) is 2.26. The van der Waals surface area contributed by atoms with Gasteiger partial charge in [-0.1, -0.05) is 18.2 Å². The van der Waals surface area contributed by atoms with Crippen LogP contribution in [0.1, 0.15) is 40.2 Å². The van der Waals surface area contributed by atoms with Crippen molar-refractivity contribution in [1.82, 2.24) is 14.7 Å². The van der Waals surface area contributed by atoms with E-state index in [0.717, 1.165) is 43.5 Å². The summed E-state index contributed by atoms with van der Waals surface area (Å²) >= 11 is 0. The molecule has 5 nitrogen and oxygen atoms in total. The fraction of sp³-hybridized carbons (Fsp3) is 0.444. The molecular weight excluding hydrogens is 324 g/mol. The summed E-state index contributed by atoms with van der Waals surface area (Å²) in [6, 6.07) is 8.30. The maximum atomic E-state index is 12.9. The largest absolute Gasteiger partial charge is 0.336 e. The van der Waals surface area contributed by atoms with E-state index in [-0.39, 0.29) is 24.4 Å². The Bertz CT molecular complexity index is 770. The van der Waals surface area contributed by atoms with E-state index in [1.165, 1.54) is 11.3 Å². The third-order valence-corrected chi connectivity index (χ3v) is 4.99. The Balaban J connectivity index is 0.00000169. The number of carbonyl (C=O) groups excluding carboxylic acids is 1. The molecule has 128 valence electrons. The zero-order valence-corrected chi connectivity index (χ0v) is 14.7. The lowest BCUT2D eigenvalue weighted by atomic mass is 10.1. The van der Waals surface area contributed by atoms with Crippen LogP contribution in [0.4, 0.5) is 0 Å². The van der Waals surface area contributed by atoms with Crippen molar-refractivity contribution >= 4 is 18.3 Å². The zero-order chi connectivity index (χ0) is 16.0. The lowest BCUT2D eigenvalue weighted by Gasteiger charge is -2.14. The number of nitrogens with two attached hydrogens (primary N) is 1. The minimum Gasteiger partial charge on any atom is -0.336 e. The lowest BCUT2D eigenvalue weighted by molar-refractivity contribution is 0.0783. The van der Waals surface area contributed by atoms with Crippen LogP contribution in [0.2, 0.25) is 0 Å². The highest BCUT2D eigenvalue weighted by Gasteiger charge is 2.32. The van der Waals surface area contributed by atoms with E-state index in [0.29, 0.717) is 12.2 Å². The normalized spacial score (nSPS) is 19.2. The second kappa shape index (κ2) is 6.57. The van der Waals surface area contributed by atoms with Gasteiger partial charge < -0.3 is 10.6 Å². The number of benzene rings is 1. The van der Waals surface area contributed by atoms with Gasteiger partial charge in [-0.2, -0.15) is 5.10 Å². The molecule has 4 rings (SSSR count). The number of fused-ring (bicyclic) bond motifs is 1. The number of rotatable bonds is 2.